The topological polar surface area (TPSA) is 56.8 Å². The SMILES string of the molecule is O=c1oc2cc(Cl)ccc2n1CN(CC1CCCO1)CC1CCCO1. The summed E-state index contributed by atoms with van der Waals surface area (Å²) in [4.78, 5) is 14.6. The second-order valence-corrected chi connectivity index (χ2v) is 7.29. The third-order valence-electron chi connectivity index (χ3n) is 4.94. The molecular formula is C18H23ClN2O4. The summed E-state index contributed by atoms with van der Waals surface area (Å²) in [5.41, 5.74) is 1.28. The lowest BCUT2D eigenvalue weighted by molar-refractivity contribution is 0.0252. The van der Waals surface area contributed by atoms with Crippen LogP contribution in [0.2, 0.25) is 5.02 Å². The van der Waals surface area contributed by atoms with Crippen molar-refractivity contribution in [3.05, 3.63) is 33.8 Å². The molecule has 2 saturated heterocycles. The standard InChI is InChI=1S/C18H23ClN2O4/c19-13-5-6-16-17(9-13)25-18(22)21(16)12-20(10-14-3-1-7-23-14)11-15-4-2-8-24-15/h5-6,9,14-15H,1-4,7-8,10-12H2. The third-order valence-corrected chi connectivity index (χ3v) is 5.18. The summed E-state index contributed by atoms with van der Waals surface area (Å²) in [5.74, 6) is -0.359. The van der Waals surface area contributed by atoms with Crippen LogP contribution in [0.1, 0.15) is 25.7 Å². The highest BCUT2D eigenvalue weighted by atomic mass is 35.5. The van der Waals surface area contributed by atoms with Crippen molar-refractivity contribution in [2.24, 2.45) is 0 Å². The molecule has 3 heterocycles. The molecule has 2 unspecified atom stereocenters. The van der Waals surface area contributed by atoms with Gasteiger partial charge in [0, 0.05) is 37.4 Å². The number of halogens is 1. The second kappa shape index (κ2) is 7.50. The Hall–Kier alpha value is -1.34. The van der Waals surface area contributed by atoms with E-state index in [0.717, 1.165) is 57.5 Å². The summed E-state index contributed by atoms with van der Waals surface area (Å²) in [6.07, 6.45) is 4.79. The number of fused-ring (bicyclic) bond motifs is 1. The minimum Gasteiger partial charge on any atom is -0.408 e. The zero-order chi connectivity index (χ0) is 17.2. The Bertz CT molecular complexity index is 757. The van der Waals surface area contributed by atoms with E-state index in [9.17, 15) is 4.79 Å². The summed E-state index contributed by atoms with van der Waals surface area (Å²) in [6, 6.07) is 5.29. The predicted octanol–water partition coefficient (Wildman–Crippen LogP) is 2.87. The summed E-state index contributed by atoms with van der Waals surface area (Å²) < 4.78 is 18.6. The number of oxazole rings is 1. The molecule has 0 radical (unpaired) electrons. The number of hydrogen-bond acceptors (Lipinski definition) is 5. The van der Waals surface area contributed by atoms with Crippen molar-refractivity contribution >= 4 is 22.7 Å². The van der Waals surface area contributed by atoms with Crippen LogP contribution in [0.25, 0.3) is 11.1 Å². The van der Waals surface area contributed by atoms with Gasteiger partial charge in [0.05, 0.1) is 24.4 Å². The van der Waals surface area contributed by atoms with E-state index >= 15 is 0 Å². The maximum Gasteiger partial charge on any atom is 0.421 e. The molecule has 0 bridgehead atoms. The molecule has 2 fully saturated rings. The van der Waals surface area contributed by atoms with Gasteiger partial charge in [0.2, 0.25) is 0 Å². The molecule has 2 aliphatic rings. The lowest BCUT2D eigenvalue weighted by atomic mass is 10.2. The molecule has 4 rings (SSSR count). The van der Waals surface area contributed by atoms with Crippen LogP contribution in [0.15, 0.2) is 27.4 Å². The Morgan fingerprint density at radius 3 is 2.40 bits per heavy atom. The molecule has 7 heteroatoms. The Kier molecular flexibility index (Phi) is 5.12. The van der Waals surface area contributed by atoms with Crippen molar-refractivity contribution in [2.45, 2.75) is 44.6 Å². The maximum absolute atomic E-state index is 12.3. The van der Waals surface area contributed by atoms with Crippen LogP contribution in [0.5, 0.6) is 0 Å². The van der Waals surface area contributed by atoms with Crippen LogP contribution >= 0.6 is 11.6 Å². The van der Waals surface area contributed by atoms with Gasteiger partial charge in [-0.15, -0.1) is 0 Å². The molecule has 2 aliphatic heterocycles. The molecule has 6 nitrogen and oxygen atoms in total. The van der Waals surface area contributed by atoms with Gasteiger partial charge in [0.1, 0.15) is 0 Å². The number of aromatic nitrogens is 1. The molecule has 1 aromatic carbocycles. The van der Waals surface area contributed by atoms with E-state index in [0.29, 0.717) is 17.3 Å². The molecular weight excluding hydrogens is 344 g/mol. The van der Waals surface area contributed by atoms with Crippen LogP contribution in [0.4, 0.5) is 0 Å². The van der Waals surface area contributed by atoms with Crippen LogP contribution in [-0.4, -0.2) is 48.0 Å². The van der Waals surface area contributed by atoms with E-state index in [1.54, 1.807) is 16.7 Å². The average molecular weight is 367 g/mol. The number of benzene rings is 1. The van der Waals surface area contributed by atoms with Crippen LogP contribution in [-0.2, 0) is 16.1 Å². The Labute approximate surface area is 151 Å². The zero-order valence-electron chi connectivity index (χ0n) is 14.2. The van der Waals surface area contributed by atoms with Crippen molar-refractivity contribution in [1.29, 1.82) is 0 Å². The summed E-state index contributed by atoms with van der Waals surface area (Å²) in [6.45, 7) is 3.71. The molecule has 25 heavy (non-hydrogen) atoms. The van der Waals surface area contributed by atoms with Gasteiger partial charge in [-0.05, 0) is 37.8 Å². The van der Waals surface area contributed by atoms with Crippen molar-refractivity contribution in [1.82, 2.24) is 9.47 Å². The minimum atomic E-state index is -0.359. The van der Waals surface area contributed by atoms with Crippen molar-refractivity contribution in [2.75, 3.05) is 26.3 Å². The quantitative estimate of drug-likeness (QED) is 0.786. The van der Waals surface area contributed by atoms with E-state index in [4.69, 9.17) is 25.5 Å². The van der Waals surface area contributed by atoms with Crippen LogP contribution < -0.4 is 5.76 Å². The highest BCUT2D eigenvalue weighted by Crippen LogP contribution is 2.21. The second-order valence-electron chi connectivity index (χ2n) is 6.86. The first-order chi connectivity index (χ1) is 12.2. The third kappa shape index (κ3) is 3.92. The molecule has 2 aromatic rings. The van der Waals surface area contributed by atoms with Gasteiger partial charge in [-0.25, -0.2) is 4.79 Å². The first kappa shape index (κ1) is 17.1. The maximum atomic E-state index is 12.3. The number of hydrogen-bond donors (Lipinski definition) is 0. The first-order valence-electron chi connectivity index (χ1n) is 8.93. The monoisotopic (exact) mass is 366 g/mol. The van der Waals surface area contributed by atoms with Gasteiger partial charge in [0.15, 0.2) is 5.58 Å². The normalized spacial score (nSPS) is 23.9. The largest absolute Gasteiger partial charge is 0.421 e. The minimum absolute atomic E-state index is 0.227. The predicted molar refractivity (Wildman–Crippen MR) is 95.0 cm³/mol. The average Bonchev–Trinajstić information content (AvgIpc) is 3.31. The number of rotatable bonds is 6. The first-order valence-corrected chi connectivity index (χ1v) is 9.31. The number of ether oxygens (including phenoxy) is 2. The van der Waals surface area contributed by atoms with E-state index in [1.807, 2.05) is 6.07 Å². The van der Waals surface area contributed by atoms with Gasteiger partial charge in [-0.1, -0.05) is 11.6 Å². The Morgan fingerprint density at radius 1 is 1.12 bits per heavy atom. The van der Waals surface area contributed by atoms with E-state index in [2.05, 4.69) is 4.90 Å². The summed E-state index contributed by atoms with van der Waals surface area (Å²) in [5, 5.41) is 0.559. The van der Waals surface area contributed by atoms with Gasteiger partial charge in [-0.3, -0.25) is 9.47 Å². The van der Waals surface area contributed by atoms with E-state index < -0.39 is 0 Å². The fourth-order valence-electron chi connectivity index (χ4n) is 3.72. The smallest absolute Gasteiger partial charge is 0.408 e. The lowest BCUT2D eigenvalue weighted by Crippen LogP contribution is -2.40. The molecule has 136 valence electrons. The fourth-order valence-corrected chi connectivity index (χ4v) is 3.88. The zero-order valence-corrected chi connectivity index (χ0v) is 14.9. The highest BCUT2D eigenvalue weighted by molar-refractivity contribution is 6.31. The molecule has 0 aliphatic carbocycles. The van der Waals surface area contributed by atoms with Gasteiger partial charge >= 0.3 is 5.76 Å². The van der Waals surface area contributed by atoms with Crippen molar-refractivity contribution in [3.8, 4) is 0 Å². The molecule has 0 N–H and O–H groups in total. The van der Waals surface area contributed by atoms with E-state index in [1.165, 1.54) is 0 Å². The summed E-state index contributed by atoms with van der Waals surface area (Å²) >= 11 is 6.00. The molecule has 0 spiro atoms. The summed E-state index contributed by atoms with van der Waals surface area (Å²) in [7, 11) is 0. The van der Waals surface area contributed by atoms with Gasteiger partial charge in [0.25, 0.3) is 0 Å². The van der Waals surface area contributed by atoms with Crippen molar-refractivity contribution < 1.29 is 13.9 Å². The van der Waals surface area contributed by atoms with Crippen LogP contribution in [0, 0.1) is 0 Å². The highest BCUT2D eigenvalue weighted by Gasteiger charge is 2.25. The molecule has 1 aromatic heterocycles. The van der Waals surface area contributed by atoms with Gasteiger partial charge in [-0.2, -0.15) is 0 Å². The van der Waals surface area contributed by atoms with Crippen molar-refractivity contribution in [3.63, 3.8) is 0 Å². The molecule has 0 saturated carbocycles. The van der Waals surface area contributed by atoms with Crippen LogP contribution in [0.3, 0.4) is 0 Å². The fraction of sp³-hybridized carbons (Fsp3) is 0.611. The Balaban J connectivity index is 1.56. The molecule has 0 amide bonds. The molecule has 2 atom stereocenters. The number of nitrogens with zero attached hydrogens (tertiary/aromatic N) is 2. The van der Waals surface area contributed by atoms with E-state index in [-0.39, 0.29) is 18.0 Å². The Morgan fingerprint density at radius 2 is 1.80 bits per heavy atom. The lowest BCUT2D eigenvalue weighted by Gasteiger charge is -2.27. The van der Waals surface area contributed by atoms with Gasteiger partial charge < -0.3 is 13.9 Å².